The van der Waals surface area contributed by atoms with Crippen molar-refractivity contribution in [1.29, 1.82) is 0 Å². The second kappa shape index (κ2) is 9.24. The van der Waals surface area contributed by atoms with Crippen LogP contribution >= 0.6 is 0 Å². The van der Waals surface area contributed by atoms with E-state index in [0.29, 0.717) is 0 Å². The summed E-state index contributed by atoms with van der Waals surface area (Å²) in [6, 6.07) is 49.3. The van der Waals surface area contributed by atoms with E-state index in [1.54, 1.807) is 0 Å². The van der Waals surface area contributed by atoms with Gasteiger partial charge >= 0.3 is 0 Å². The van der Waals surface area contributed by atoms with Gasteiger partial charge in [-0.1, -0.05) is 121 Å². The van der Waals surface area contributed by atoms with E-state index in [9.17, 15) is 8.78 Å². The van der Waals surface area contributed by atoms with Crippen LogP contribution in [-0.4, -0.2) is 0 Å². The van der Waals surface area contributed by atoms with E-state index < -0.39 is 0 Å². The second-order valence-electron chi connectivity index (χ2n) is 13.0. The normalized spacial score (nSPS) is 12.4. The SMILES string of the molecule is Fc1ccc(-c2ccc3c4c2cccc4c2cccc4c2c3c2cccc3c5cccc6c(-c7ccc(F)cc7)ccc(c65)c4c32)cc1. The number of hydrogen-bond acceptors (Lipinski definition) is 0. The van der Waals surface area contributed by atoms with Gasteiger partial charge in [0.2, 0.25) is 0 Å². The zero-order chi connectivity index (χ0) is 31.7. The van der Waals surface area contributed by atoms with Crippen LogP contribution in [0.25, 0.3) is 108 Å². The van der Waals surface area contributed by atoms with Gasteiger partial charge in [0.1, 0.15) is 11.6 Å². The molecule has 0 N–H and O–H groups in total. The minimum atomic E-state index is -0.231. The van der Waals surface area contributed by atoms with Crippen molar-refractivity contribution in [2.45, 2.75) is 0 Å². The van der Waals surface area contributed by atoms with E-state index in [1.807, 2.05) is 24.3 Å². The largest absolute Gasteiger partial charge is 0.207 e. The van der Waals surface area contributed by atoms with Crippen molar-refractivity contribution >= 4 is 86.2 Å². The predicted octanol–water partition coefficient (Wildman–Crippen LogP) is 13.4. The quantitative estimate of drug-likeness (QED) is 0.134. The summed E-state index contributed by atoms with van der Waals surface area (Å²) in [6.07, 6.45) is 0. The number of hydrogen-bond donors (Lipinski definition) is 0. The first-order chi connectivity index (χ1) is 23.7. The Kier molecular flexibility index (Phi) is 5.01. The Bertz CT molecular complexity index is 2890. The molecule has 11 rings (SSSR count). The molecule has 0 spiro atoms. The minimum Gasteiger partial charge on any atom is -0.207 e. The average molecular weight is 615 g/mol. The standard InChI is InChI=1S/C46H24F2/c47-27-17-13-25(14-18-27)29-21-23-39-41-31(29)5-1-7-33(41)35-9-3-11-37-43(35)45(39)38-12-4-10-36-34-8-2-6-32-30(26-15-19-28(48)20-16-26)22-24-40(42(32)34)46(37)44(36)38/h1-24H. The Hall–Kier alpha value is -6.12. The number of rotatable bonds is 2. The molecule has 0 aliphatic rings. The van der Waals surface area contributed by atoms with Crippen molar-refractivity contribution in [1.82, 2.24) is 0 Å². The van der Waals surface area contributed by atoms with E-state index in [-0.39, 0.29) is 11.6 Å². The summed E-state index contributed by atoms with van der Waals surface area (Å²) in [5.74, 6) is -0.462. The number of benzene rings is 11. The summed E-state index contributed by atoms with van der Waals surface area (Å²) in [5, 5.41) is 19.8. The van der Waals surface area contributed by atoms with Gasteiger partial charge in [-0.15, -0.1) is 0 Å². The highest BCUT2D eigenvalue weighted by Crippen LogP contribution is 2.51. The molecule has 2 heteroatoms. The molecule has 0 fully saturated rings. The van der Waals surface area contributed by atoms with Crippen molar-refractivity contribution in [3.05, 3.63) is 157 Å². The third-order valence-electron chi connectivity index (χ3n) is 10.7. The van der Waals surface area contributed by atoms with E-state index in [0.717, 1.165) is 22.3 Å². The molecule has 0 nitrogen and oxygen atoms in total. The van der Waals surface area contributed by atoms with Crippen LogP contribution < -0.4 is 0 Å². The maximum atomic E-state index is 13.9. The third kappa shape index (κ3) is 3.27. The van der Waals surface area contributed by atoms with Gasteiger partial charge in [-0.25, -0.2) is 8.78 Å². The first-order valence-corrected chi connectivity index (χ1v) is 16.3. The molecule has 0 unspecified atom stereocenters. The molecule has 11 aromatic carbocycles. The molecule has 0 saturated heterocycles. The molecule has 0 radical (unpaired) electrons. The number of halogens is 2. The number of fused-ring (bicyclic) bond motifs is 6. The molecule has 0 bridgehead atoms. The molecule has 222 valence electrons. The molecule has 0 aliphatic heterocycles. The van der Waals surface area contributed by atoms with Crippen LogP contribution in [0.15, 0.2) is 146 Å². The summed E-state index contributed by atoms with van der Waals surface area (Å²) in [5.41, 5.74) is 4.22. The Labute approximate surface area is 273 Å². The van der Waals surface area contributed by atoms with Crippen LogP contribution in [0.5, 0.6) is 0 Å². The molecule has 48 heavy (non-hydrogen) atoms. The Morgan fingerprint density at radius 3 is 0.917 bits per heavy atom. The third-order valence-corrected chi connectivity index (χ3v) is 10.7. The minimum absolute atomic E-state index is 0.231. The van der Waals surface area contributed by atoms with Crippen LogP contribution in [0.3, 0.4) is 0 Å². The van der Waals surface area contributed by atoms with E-state index in [2.05, 4.69) is 97.1 Å². The first-order valence-electron chi connectivity index (χ1n) is 16.3. The summed E-state index contributed by atoms with van der Waals surface area (Å²) < 4.78 is 27.8. The zero-order valence-corrected chi connectivity index (χ0v) is 25.6. The lowest BCUT2D eigenvalue weighted by molar-refractivity contribution is 0.627. The molecule has 0 atom stereocenters. The molecule has 11 aromatic rings. The maximum absolute atomic E-state index is 13.9. The van der Waals surface area contributed by atoms with Crippen molar-refractivity contribution in [2.24, 2.45) is 0 Å². The molecule has 0 aromatic heterocycles. The molecule has 0 aliphatic carbocycles. The van der Waals surface area contributed by atoms with Gasteiger partial charge in [0.15, 0.2) is 0 Å². The highest BCUT2D eigenvalue weighted by molar-refractivity contribution is 6.48. The van der Waals surface area contributed by atoms with Gasteiger partial charge in [-0.2, -0.15) is 0 Å². The van der Waals surface area contributed by atoms with Gasteiger partial charge in [0.25, 0.3) is 0 Å². The van der Waals surface area contributed by atoms with Crippen molar-refractivity contribution < 1.29 is 8.78 Å². The monoisotopic (exact) mass is 614 g/mol. The lowest BCUT2D eigenvalue weighted by Crippen LogP contribution is -1.94. The molecule has 0 heterocycles. The van der Waals surface area contributed by atoms with Gasteiger partial charge in [-0.05, 0) is 133 Å². The average Bonchev–Trinajstić information content (AvgIpc) is 3.13. The Morgan fingerprint density at radius 1 is 0.229 bits per heavy atom. The lowest BCUT2D eigenvalue weighted by atomic mass is 9.80. The second-order valence-corrected chi connectivity index (χ2v) is 13.0. The van der Waals surface area contributed by atoms with Crippen LogP contribution in [0.2, 0.25) is 0 Å². The van der Waals surface area contributed by atoms with Gasteiger partial charge in [0.05, 0.1) is 0 Å². The van der Waals surface area contributed by atoms with E-state index >= 15 is 0 Å². The Morgan fingerprint density at radius 2 is 0.521 bits per heavy atom. The lowest BCUT2D eigenvalue weighted by Gasteiger charge is -2.22. The maximum Gasteiger partial charge on any atom is 0.123 e. The first kappa shape index (κ1) is 26.0. The van der Waals surface area contributed by atoms with Crippen molar-refractivity contribution in [2.75, 3.05) is 0 Å². The fourth-order valence-electron chi connectivity index (χ4n) is 8.78. The highest BCUT2D eigenvalue weighted by atomic mass is 19.1. The highest BCUT2D eigenvalue weighted by Gasteiger charge is 2.23. The zero-order valence-electron chi connectivity index (χ0n) is 25.6. The fourth-order valence-corrected chi connectivity index (χ4v) is 8.78. The van der Waals surface area contributed by atoms with Crippen LogP contribution in [0.4, 0.5) is 8.78 Å². The summed E-state index contributed by atoms with van der Waals surface area (Å²) in [4.78, 5) is 0. The van der Waals surface area contributed by atoms with Crippen LogP contribution in [-0.2, 0) is 0 Å². The molecular weight excluding hydrogens is 591 g/mol. The van der Waals surface area contributed by atoms with Crippen molar-refractivity contribution in [3.63, 3.8) is 0 Å². The van der Waals surface area contributed by atoms with E-state index in [1.165, 1.54) is 110 Å². The summed E-state index contributed by atoms with van der Waals surface area (Å²) >= 11 is 0. The molecule has 0 amide bonds. The van der Waals surface area contributed by atoms with Gasteiger partial charge in [-0.3, -0.25) is 0 Å². The smallest absolute Gasteiger partial charge is 0.123 e. The van der Waals surface area contributed by atoms with Gasteiger partial charge < -0.3 is 0 Å². The fraction of sp³-hybridized carbons (Fsp3) is 0. The van der Waals surface area contributed by atoms with Crippen LogP contribution in [0.1, 0.15) is 0 Å². The predicted molar refractivity (Wildman–Crippen MR) is 200 cm³/mol. The van der Waals surface area contributed by atoms with Crippen LogP contribution in [0, 0.1) is 11.6 Å². The van der Waals surface area contributed by atoms with E-state index in [4.69, 9.17) is 0 Å². The summed E-state index contributed by atoms with van der Waals surface area (Å²) in [6.45, 7) is 0. The Balaban J connectivity index is 1.36. The molecular formula is C46H24F2. The summed E-state index contributed by atoms with van der Waals surface area (Å²) in [7, 11) is 0. The van der Waals surface area contributed by atoms with Gasteiger partial charge in [0, 0.05) is 0 Å². The van der Waals surface area contributed by atoms with Crippen molar-refractivity contribution in [3.8, 4) is 22.3 Å². The molecule has 0 saturated carbocycles. The topological polar surface area (TPSA) is 0 Å².